The van der Waals surface area contributed by atoms with Gasteiger partial charge in [-0.2, -0.15) is 0 Å². The van der Waals surface area contributed by atoms with Gasteiger partial charge < -0.3 is 15.0 Å². The molecule has 0 saturated heterocycles. The van der Waals surface area contributed by atoms with Gasteiger partial charge >= 0.3 is 0 Å². The van der Waals surface area contributed by atoms with Crippen LogP contribution in [0.4, 0.5) is 0 Å². The molecule has 4 rings (SSSR count). The molecular weight excluding hydrogens is 467 g/mol. The van der Waals surface area contributed by atoms with Crippen LogP contribution in [0.5, 0.6) is 5.75 Å². The van der Waals surface area contributed by atoms with Crippen LogP contribution in [0.3, 0.4) is 0 Å². The van der Waals surface area contributed by atoms with E-state index >= 15 is 0 Å². The fourth-order valence-corrected chi connectivity index (χ4v) is 4.89. The number of aromatic nitrogens is 1. The molecule has 6 heteroatoms. The summed E-state index contributed by atoms with van der Waals surface area (Å²) in [6, 6.07) is 19.7. The van der Waals surface area contributed by atoms with Crippen LogP contribution in [-0.4, -0.2) is 24.5 Å². The highest BCUT2D eigenvalue weighted by molar-refractivity contribution is 6.35. The van der Waals surface area contributed by atoms with Crippen molar-refractivity contribution in [2.45, 2.75) is 32.1 Å². The highest BCUT2D eigenvalue weighted by Gasteiger charge is 2.22. The summed E-state index contributed by atoms with van der Waals surface area (Å²) in [5, 5.41) is 5.43. The summed E-state index contributed by atoms with van der Waals surface area (Å²) >= 11 is 12.3. The molecule has 0 spiro atoms. The van der Waals surface area contributed by atoms with Crippen LogP contribution in [0.2, 0.25) is 10.0 Å². The van der Waals surface area contributed by atoms with E-state index in [1.54, 1.807) is 13.2 Å². The number of aromatic amines is 1. The van der Waals surface area contributed by atoms with Crippen molar-refractivity contribution in [1.82, 2.24) is 10.3 Å². The first-order chi connectivity index (χ1) is 16.5. The lowest BCUT2D eigenvalue weighted by Crippen LogP contribution is -2.27. The second kappa shape index (κ2) is 11.0. The SMILES string of the molecule is CCc1cccc2c([C@@H](CC(=O)NCCc3ccc(Cl)cc3Cl)c3ccc(OC)cc3)c[nH]c12. The molecule has 0 bridgehead atoms. The van der Waals surface area contributed by atoms with Crippen LogP contribution in [0.15, 0.2) is 66.9 Å². The van der Waals surface area contributed by atoms with Gasteiger partial charge in [0.05, 0.1) is 7.11 Å². The van der Waals surface area contributed by atoms with Gasteiger partial charge in [0.2, 0.25) is 5.91 Å². The van der Waals surface area contributed by atoms with Crippen molar-refractivity contribution in [2.75, 3.05) is 13.7 Å². The van der Waals surface area contributed by atoms with Crippen molar-refractivity contribution in [2.24, 2.45) is 0 Å². The lowest BCUT2D eigenvalue weighted by molar-refractivity contribution is -0.121. The molecule has 0 saturated carbocycles. The Labute approximate surface area is 210 Å². The largest absolute Gasteiger partial charge is 0.497 e. The number of H-pyrrole nitrogens is 1. The molecule has 3 aromatic carbocycles. The molecule has 0 aliphatic rings. The summed E-state index contributed by atoms with van der Waals surface area (Å²) in [5.41, 5.74) is 5.55. The molecule has 0 unspecified atom stereocenters. The van der Waals surface area contributed by atoms with E-state index in [0.717, 1.165) is 39.8 Å². The Kier molecular flexibility index (Phi) is 7.81. The number of carbonyl (C=O) groups is 1. The molecule has 0 radical (unpaired) electrons. The number of para-hydroxylation sites is 1. The molecule has 4 aromatic rings. The van der Waals surface area contributed by atoms with Gasteiger partial charge in [-0.25, -0.2) is 0 Å². The summed E-state index contributed by atoms with van der Waals surface area (Å²) in [5.74, 6) is 0.691. The number of hydrogen-bond donors (Lipinski definition) is 2. The second-order valence-electron chi connectivity index (χ2n) is 8.30. The molecule has 1 amide bonds. The summed E-state index contributed by atoms with van der Waals surface area (Å²) in [6.45, 7) is 2.65. The third kappa shape index (κ3) is 5.40. The molecule has 1 aromatic heterocycles. The van der Waals surface area contributed by atoms with Gasteiger partial charge in [-0.3, -0.25) is 4.79 Å². The monoisotopic (exact) mass is 494 g/mol. The van der Waals surface area contributed by atoms with Crippen molar-refractivity contribution < 1.29 is 9.53 Å². The summed E-state index contributed by atoms with van der Waals surface area (Å²) in [6.07, 6.45) is 3.96. The minimum atomic E-state index is -0.0918. The average Bonchev–Trinajstić information content (AvgIpc) is 3.28. The number of ether oxygens (including phenoxy) is 1. The molecular formula is C28H28Cl2N2O2. The highest BCUT2D eigenvalue weighted by Crippen LogP contribution is 2.35. The number of carbonyl (C=O) groups excluding carboxylic acids is 1. The zero-order chi connectivity index (χ0) is 24.1. The van der Waals surface area contributed by atoms with E-state index in [0.29, 0.717) is 29.4 Å². The zero-order valence-corrected chi connectivity index (χ0v) is 20.8. The van der Waals surface area contributed by atoms with E-state index in [2.05, 4.69) is 35.4 Å². The Balaban J connectivity index is 1.55. The first-order valence-electron chi connectivity index (χ1n) is 11.4. The molecule has 0 aliphatic carbocycles. The number of aryl methyl sites for hydroxylation is 1. The number of halogens is 2. The number of methoxy groups -OCH3 is 1. The Morgan fingerprint density at radius 1 is 1.06 bits per heavy atom. The lowest BCUT2D eigenvalue weighted by Gasteiger charge is -2.18. The van der Waals surface area contributed by atoms with E-state index in [1.807, 2.05) is 42.6 Å². The maximum absolute atomic E-state index is 13.0. The van der Waals surface area contributed by atoms with E-state index in [-0.39, 0.29) is 11.8 Å². The molecule has 1 heterocycles. The van der Waals surface area contributed by atoms with Crippen LogP contribution in [0.25, 0.3) is 10.9 Å². The first-order valence-corrected chi connectivity index (χ1v) is 12.2. The van der Waals surface area contributed by atoms with E-state index in [1.165, 1.54) is 5.56 Å². The fraction of sp³-hybridized carbons (Fsp3) is 0.250. The molecule has 1 atom stereocenters. The predicted molar refractivity (Wildman–Crippen MR) is 140 cm³/mol. The number of rotatable bonds is 9. The smallest absolute Gasteiger partial charge is 0.220 e. The molecule has 4 nitrogen and oxygen atoms in total. The minimum Gasteiger partial charge on any atom is -0.497 e. The summed E-state index contributed by atoms with van der Waals surface area (Å²) in [7, 11) is 1.65. The van der Waals surface area contributed by atoms with E-state index in [4.69, 9.17) is 27.9 Å². The third-order valence-electron chi connectivity index (χ3n) is 6.23. The number of benzene rings is 3. The Morgan fingerprint density at radius 3 is 2.56 bits per heavy atom. The number of fused-ring (bicyclic) bond motifs is 1. The predicted octanol–water partition coefficient (Wildman–Crippen LogP) is 6.93. The number of nitrogens with one attached hydrogen (secondary N) is 2. The van der Waals surface area contributed by atoms with Crippen LogP contribution < -0.4 is 10.1 Å². The van der Waals surface area contributed by atoms with Gasteiger partial charge in [0.1, 0.15) is 5.75 Å². The van der Waals surface area contributed by atoms with Gasteiger partial charge in [-0.1, -0.05) is 66.5 Å². The molecule has 0 fully saturated rings. The van der Waals surface area contributed by atoms with Gasteiger partial charge in [-0.05, 0) is 59.4 Å². The summed E-state index contributed by atoms with van der Waals surface area (Å²) in [4.78, 5) is 16.5. The Morgan fingerprint density at radius 2 is 1.85 bits per heavy atom. The van der Waals surface area contributed by atoms with Gasteiger partial charge in [-0.15, -0.1) is 0 Å². The Hall–Kier alpha value is -2.95. The van der Waals surface area contributed by atoms with Crippen molar-refractivity contribution >= 4 is 40.0 Å². The van der Waals surface area contributed by atoms with Gasteiger partial charge in [0.15, 0.2) is 0 Å². The average molecular weight is 495 g/mol. The first kappa shape index (κ1) is 24.2. The van der Waals surface area contributed by atoms with Crippen molar-refractivity contribution in [3.05, 3.63) is 99.2 Å². The van der Waals surface area contributed by atoms with Gasteiger partial charge in [0.25, 0.3) is 0 Å². The fourth-order valence-electron chi connectivity index (χ4n) is 4.38. The standard InChI is InChI=1S/C28H28Cl2N2O2/c1-3-18-5-4-6-23-25(17-32-28(18)23)24(19-8-11-22(34-2)12-9-19)16-27(33)31-14-13-20-7-10-21(29)15-26(20)30/h4-12,15,17,24,32H,3,13-14,16H2,1-2H3,(H,31,33)/t24-/m0/s1. The summed E-state index contributed by atoms with van der Waals surface area (Å²) < 4.78 is 5.33. The Bertz CT molecular complexity index is 1280. The van der Waals surface area contributed by atoms with Crippen LogP contribution in [0, 0.1) is 0 Å². The topological polar surface area (TPSA) is 54.1 Å². The molecule has 176 valence electrons. The van der Waals surface area contributed by atoms with Crippen molar-refractivity contribution in [3.8, 4) is 5.75 Å². The van der Waals surface area contributed by atoms with Crippen LogP contribution >= 0.6 is 23.2 Å². The highest BCUT2D eigenvalue weighted by atomic mass is 35.5. The van der Waals surface area contributed by atoms with E-state index < -0.39 is 0 Å². The van der Waals surface area contributed by atoms with Gasteiger partial charge in [0, 0.05) is 46.0 Å². The quantitative estimate of drug-likeness (QED) is 0.265. The van der Waals surface area contributed by atoms with Crippen LogP contribution in [-0.2, 0) is 17.6 Å². The molecule has 0 aliphatic heterocycles. The number of hydrogen-bond acceptors (Lipinski definition) is 2. The zero-order valence-electron chi connectivity index (χ0n) is 19.3. The normalized spacial score (nSPS) is 12.0. The second-order valence-corrected chi connectivity index (χ2v) is 9.15. The number of amides is 1. The molecule has 2 N–H and O–H groups in total. The third-order valence-corrected chi connectivity index (χ3v) is 6.82. The van der Waals surface area contributed by atoms with Crippen LogP contribution in [0.1, 0.15) is 41.5 Å². The van der Waals surface area contributed by atoms with Crippen molar-refractivity contribution in [3.63, 3.8) is 0 Å². The van der Waals surface area contributed by atoms with E-state index in [9.17, 15) is 4.79 Å². The maximum atomic E-state index is 13.0. The molecule has 34 heavy (non-hydrogen) atoms. The minimum absolute atomic E-state index is 0.00750. The van der Waals surface area contributed by atoms with Crippen molar-refractivity contribution in [1.29, 1.82) is 0 Å². The lowest BCUT2D eigenvalue weighted by atomic mass is 9.87. The maximum Gasteiger partial charge on any atom is 0.220 e.